The number of furan rings is 1. The molecule has 0 atom stereocenters. The van der Waals surface area contributed by atoms with Crippen LogP contribution in [0.4, 0.5) is 4.39 Å². The molecule has 0 amide bonds. The average molecular weight is 370 g/mol. The Morgan fingerprint density at radius 3 is 2.73 bits per heavy atom. The zero-order valence-corrected chi connectivity index (χ0v) is 14.2. The first kappa shape index (κ1) is 17.4. The van der Waals surface area contributed by atoms with E-state index in [4.69, 9.17) is 4.42 Å². The fraction of sp³-hybridized carbons (Fsp3) is 0.0556. The standard InChI is InChI=1S/C18H11FN2O4S/c1-24-18(23)12(10-20)17-21(14-7-3-2-6-13(14)19)16(22)15(26-17)9-11-5-4-8-25-11/h2-9H,1H3. The molecule has 0 aliphatic rings. The molecule has 0 aliphatic heterocycles. The summed E-state index contributed by atoms with van der Waals surface area (Å²) in [7, 11) is 1.12. The number of methoxy groups -OCH3 is 1. The van der Waals surface area contributed by atoms with Crippen LogP contribution in [-0.2, 0) is 9.53 Å². The molecule has 0 fully saturated rings. The number of carbonyl (C=O) groups excluding carboxylic acids is 1. The van der Waals surface area contributed by atoms with Gasteiger partial charge < -0.3 is 9.15 Å². The molecule has 6 nitrogen and oxygen atoms in total. The van der Waals surface area contributed by atoms with Crippen LogP contribution >= 0.6 is 11.3 Å². The molecule has 0 N–H and O–H groups in total. The number of aromatic nitrogens is 1. The topological polar surface area (TPSA) is 85.2 Å². The Bertz CT molecular complexity index is 1180. The van der Waals surface area contributed by atoms with Crippen LogP contribution in [0.1, 0.15) is 5.76 Å². The summed E-state index contributed by atoms with van der Waals surface area (Å²) < 4.78 is 25.2. The normalized spacial score (nSPS) is 12.6. The third-order valence-electron chi connectivity index (χ3n) is 3.45. The first-order chi connectivity index (χ1) is 12.6. The minimum Gasteiger partial charge on any atom is -0.465 e. The van der Waals surface area contributed by atoms with Crippen LogP contribution < -0.4 is 14.8 Å². The second kappa shape index (κ2) is 7.21. The lowest BCUT2D eigenvalue weighted by molar-refractivity contribution is -0.133. The number of para-hydroxylation sites is 1. The Morgan fingerprint density at radius 1 is 1.35 bits per heavy atom. The van der Waals surface area contributed by atoms with E-state index in [9.17, 15) is 19.2 Å². The molecule has 0 radical (unpaired) electrons. The van der Waals surface area contributed by atoms with Crippen LogP contribution in [-0.4, -0.2) is 17.6 Å². The number of hydrogen-bond acceptors (Lipinski definition) is 6. The summed E-state index contributed by atoms with van der Waals surface area (Å²) in [6, 6.07) is 10.6. The lowest BCUT2D eigenvalue weighted by Crippen LogP contribution is -2.32. The maximum atomic E-state index is 14.3. The molecule has 0 saturated carbocycles. The zero-order valence-electron chi connectivity index (χ0n) is 13.4. The van der Waals surface area contributed by atoms with Gasteiger partial charge in [0, 0.05) is 6.08 Å². The van der Waals surface area contributed by atoms with E-state index in [1.54, 1.807) is 24.3 Å². The molecule has 3 rings (SSSR count). The highest BCUT2D eigenvalue weighted by Crippen LogP contribution is 2.10. The molecule has 130 valence electrons. The monoisotopic (exact) mass is 370 g/mol. The second-order valence-electron chi connectivity index (χ2n) is 5.00. The first-order valence-corrected chi connectivity index (χ1v) is 8.13. The molecule has 1 aromatic carbocycles. The highest BCUT2D eigenvalue weighted by Gasteiger charge is 2.18. The summed E-state index contributed by atoms with van der Waals surface area (Å²) >= 11 is 0.872. The fourth-order valence-electron chi connectivity index (χ4n) is 2.29. The Balaban J connectivity index is 2.47. The van der Waals surface area contributed by atoms with Gasteiger partial charge in [-0.1, -0.05) is 12.1 Å². The van der Waals surface area contributed by atoms with Crippen LogP contribution in [0.2, 0.25) is 0 Å². The van der Waals surface area contributed by atoms with Crippen molar-refractivity contribution >= 4 is 29.0 Å². The van der Waals surface area contributed by atoms with E-state index in [0.29, 0.717) is 5.76 Å². The number of rotatable bonds is 3. The minimum atomic E-state index is -0.914. The lowest BCUT2D eigenvalue weighted by atomic mass is 10.3. The maximum absolute atomic E-state index is 14.3. The number of thiazole rings is 1. The van der Waals surface area contributed by atoms with Gasteiger partial charge in [-0.15, -0.1) is 11.3 Å². The molecular formula is C18H11FN2O4S. The molecule has 2 aromatic heterocycles. The van der Waals surface area contributed by atoms with E-state index in [0.717, 1.165) is 23.0 Å². The van der Waals surface area contributed by atoms with Crippen molar-refractivity contribution in [3.63, 3.8) is 0 Å². The van der Waals surface area contributed by atoms with Gasteiger partial charge in [0.25, 0.3) is 5.56 Å². The van der Waals surface area contributed by atoms with E-state index < -0.39 is 22.9 Å². The largest absolute Gasteiger partial charge is 0.465 e. The number of halogens is 1. The lowest BCUT2D eigenvalue weighted by Gasteiger charge is -2.04. The van der Waals surface area contributed by atoms with Crippen LogP contribution in [0.3, 0.4) is 0 Å². The SMILES string of the molecule is COC(=O)C(C#N)=c1sc(=Cc2ccco2)c(=O)n1-c1ccccc1F. The first-order valence-electron chi connectivity index (χ1n) is 7.31. The van der Waals surface area contributed by atoms with Gasteiger partial charge in [-0.2, -0.15) is 5.26 Å². The van der Waals surface area contributed by atoms with E-state index in [2.05, 4.69) is 4.74 Å². The molecule has 0 aliphatic carbocycles. The van der Waals surface area contributed by atoms with Gasteiger partial charge in [-0.05, 0) is 24.3 Å². The van der Waals surface area contributed by atoms with Gasteiger partial charge in [0.15, 0.2) is 5.57 Å². The highest BCUT2D eigenvalue weighted by atomic mass is 32.1. The van der Waals surface area contributed by atoms with Crippen LogP contribution in [0.25, 0.3) is 17.3 Å². The molecular weight excluding hydrogens is 359 g/mol. The van der Waals surface area contributed by atoms with Gasteiger partial charge in [-0.25, -0.2) is 9.18 Å². The molecule has 0 bridgehead atoms. The predicted molar refractivity (Wildman–Crippen MR) is 92.4 cm³/mol. The number of carbonyl (C=O) groups is 1. The smallest absolute Gasteiger partial charge is 0.351 e. The van der Waals surface area contributed by atoms with Crippen LogP contribution in [0.5, 0.6) is 0 Å². The third-order valence-corrected chi connectivity index (χ3v) is 4.54. The Kier molecular flexibility index (Phi) is 4.82. The second-order valence-corrected chi connectivity index (χ2v) is 6.03. The average Bonchev–Trinajstić information content (AvgIpc) is 3.26. The minimum absolute atomic E-state index is 0.0211. The zero-order chi connectivity index (χ0) is 18.7. The van der Waals surface area contributed by atoms with Gasteiger partial charge in [0.2, 0.25) is 0 Å². The third kappa shape index (κ3) is 3.08. The molecule has 3 aromatic rings. The van der Waals surface area contributed by atoms with Crippen molar-refractivity contribution in [1.82, 2.24) is 4.57 Å². The van der Waals surface area contributed by atoms with Crippen molar-refractivity contribution in [2.75, 3.05) is 7.11 Å². The molecule has 0 spiro atoms. The maximum Gasteiger partial charge on any atom is 0.351 e. The summed E-state index contributed by atoms with van der Waals surface area (Å²) in [6.07, 6.45) is 2.90. The summed E-state index contributed by atoms with van der Waals surface area (Å²) in [5, 5.41) is 9.36. The van der Waals surface area contributed by atoms with Crippen molar-refractivity contribution in [2.24, 2.45) is 0 Å². The van der Waals surface area contributed by atoms with Gasteiger partial charge in [0.1, 0.15) is 22.3 Å². The quantitative estimate of drug-likeness (QED) is 0.649. The number of esters is 1. The molecule has 26 heavy (non-hydrogen) atoms. The predicted octanol–water partition coefficient (Wildman–Crippen LogP) is 1.31. The van der Waals surface area contributed by atoms with Crippen molar-refractivity contribution in [2.45, 2.75) is 0 Å². The highest BCUT2D eigenvalue weighted by molar-refractivity contribution is 7.07. The number of benzene rings is 1. The van der Waals surface area contributed by atoms with Crippen molar-refractivity contribution in [1.29, 1.82) is 5.26 Å². The van der Waals surface area contributed by atoms with Crippen molar-refractivity contribution in [3.8, 4) is 11.8 Å². The molecule has 0 unspecified atom stereocenters. The van der Waals surface area contributed by atoms with Crippen LogP contribution in [0, 0.1) is 17.1 Å². The fourth-order valence-corrected chi connectivity index (χ4v) is 3.35. The van der Waals surface area contributed by atoms with Crippen molar-refractivity contribution in [3.05, 3.63) is 73.8 Å². The van der Waals surface area contributed by atoms with E-state index in [1.165, 1.54) is 30.5 Å². The van der Waals surface area contributed by atoms with E-state index in [-0.39, 0.29) is 14.9 Å². The van der Waals surface area contributed by atoms with Gasteiger partial charge in [-0.3, -0.25) is 9.36 Å². The van der Waals surface area contributed by atoms with Gasteiger partial charge in [0.05, 0.1) is 23.6 Å². The molecule has 2 heterocycles. The van der Waals surface area contributed by atoms with Crippen molar-refractivity contribution < 1.29 is 18.3 Å². The number of nitriles is 1. The van der Waals surface area contributed by atoms with E-state index >= 15 is 0 Å². The Labute approximate surface area is 150 Å². The van der Waals surface area contributed by atoms with E-state index in [1.807, 2.05) is 0 Å². The molecule has 0 saturated heterocycles. The summed E-state index contributed by atoms with van der Waals surface area (Å²) in [5.74, 6) is -1.17. The number of hydrogen-bond donors (Lipinski definition) is 0. The Hall–Kier alpha value is -3.44. The molecule has 8 heteroatoms. The number of ether oxygens (including phenoxy) is 1. The summed E-state index contributed by atoms with van der Waals surface area (Å²) in [4.78, 5) is 24.8. The Morgan fingerprint density at radius 2 is 2.12 bits per heavy atom. The summed E-state index contributed by atoms with van der Waals surface area (Å²) in [6.45, 7) is 0. The summed E-state index contributed by atoms with van der Waals surface area (Å²) in [5.41, 5.74) is -1.04. The van der Waals surface area contributed by atoms with Crippen LogP contribution in [0.15, 0.2) is 51.9 Å². The number of nitrogens with zero attached hydrogens (tertiary/aromatic N) is 2. The van der Waals surface area contributed by atoms with Gasteiger partial charge >= 0.3 is 5.97 Å².